The lowest BCUT2D eigenvalue weighted by molar-refractivity contribution is 0.0652. The van der Waals surface area contributed by atoms with Gasteiger partial charge in [-0.05, 0) is 25.8 Å². The molecule has 30 heavy (non-hydrogen) atoms. The minimum Gasteiger partial charge on any atom is -0.374 e. The monoisotopic (exact) mass is 570 g/mol. The third-order valence-electron chi connectivity index (χ3n) is 4.57. The topological polar surface area (TPSA) is 83.0 Å². The normalized spacial score (nSPS) is 16.5. The van der Waals surface area contributed by atoms with Crippen molar-refractivity contribution in [3.05, 3.63) is 35.9 Å². The van der Waals surface area contributed by atoms with Gasteiger partial charge in [-0.2, -0.15) is 11.8 Å². The number of hydrogen-bond donors (Lipinski definition) is 2. The van der Waals surface area contributed by atoms with Gasteiger partial charge in [0.15, 0.2) is 5.96 Å². The lowest BCUT2D eigenvalue weighted by Crippen LogP contribution is -2.44. The van der Waals surface area contributed by atoms with E-state index in [9.17, 15) is 8.42 Å². The Kier molecular flexibility index (Phi) is 14.0. The predicted molar refractivity (Wildman–Crippen MR) is 138 cm³/mol. The molecule has 0 saturated carbocycles. The van der Waals surface area contributed by atoms with Crippen molar-refractivity contribution in [3.63, 3.8) is 0 Å². The first-order valence-electron chi connectivity index (χ1n) is 10.3. The van der Waals surface area contributed by atoms with Gasteiger partial charge >= 0.3 is 0 Å². The van der Waals surface area contributed by atoms with Crippen molar-refractivity contribution < 1.29 is 13.2 Å². The summed E-state index contributed by atoms with van der Waals surface area (Å²) in [6.07, 6.45) is 0.863. The van der Waals surface area contributed by atoms with Crippen LogP contribution in [0.15, 0.2) is 35.3 Å². The van der Waals surface area contributed by atoms with Crippen LogP contribution in [0.5, 0.6) is 0 Å². The maximum absolute atomic E-state index is 12.4. The number of halogens is 1. The molecule has 1 aromatic rings. The van der Waals surface area contributed by atoms with Crippen molar-refractivity contribution in [2.24, 2.45) is 4.99 Å². The summed E-state index contributed by atoms with van der Waals surface area (Å²) in [5.41, 5.74) is 1.17. The van der Waals surface area contributed by atoms with Crippen molar-refractivity contribution in [1.82, 2.24) is 14.9 Å². The highest BCUT2D eigenvalue weighted by molar-refractivity contribution is 14.0. The number of aliphatic imine (C=N–C) groups is 1. The zero-order chi connectivity index (χ0) is 21.0. The molecule has 0 aliphatic carbocycles. The average Bonchev–Trinajstić information content (AvgIpc) is 2.74. The molecule has 0 aromatic heterocycles. The molecule has 2 rings (SSSR count). The quantitative estimate of drug-likeness (QED) is 0.184. The molecule has 0 bridgehead atoms. The first kappa shape index (κ1) is 27.5. The Morgan fingerprint density at radius 2 is 1.93 bits per heavy atom. The lowest BCUT2D eigenvalue weighted by atomic mass is 10.1. The van der Waals surface area contributed by atoms with Crippen LogP contribution in [0.25, 0.3) is 0 Å². The third-order valence-corrected chi connectivity index (χ3v) is 7.38. The summed E-state index contributed by atoms with van der Waals surface area (Å²) in [6, 6.07) is 10.1. The van der Waals surface area contributed by atoms with Gasteiger partial charge in [0.1, 0.15) is 0 Å². The van der Waals surface area contributed by atoms with E-state index in [0.29, 0.717) is 38.7 Å². The van der Waals surface area contributed by atoms with Crippen LogP contribution in [0.1, 0.15) is 31.9 Å². The fourth-order valence-electron chi connectivity index (χ4n) is 2.93. The number of ether oxygens (including phenoxy) is 1. The van der Waals surface area contributed by atoms with Gasteiger partial charge in [0.25, 0.3) is 0 Å². The predicted octanol–water partition coefficient (Wildman–Crippen LogP) is 2.71. The maximum Gasteiger partial charge on any atom is 0.215 e. The standard InChI is InChI=1S/C20H34N4O3S2.HI/c1-3-21-20(23-11-17-29(25,26)24-12-15-28-16-13-24)22-10-7-14-27-18(2)19-8-5-4-6-9-19;/h4-6,8-9,18H,3,7,10-17H2,1-2H3,(H2,21,22,23);1H. The number of benzene rings is 1. The Labute approximate surface area is 202 Å². The molecule has 1 unspecified atom stereocenters. The lowest BCUT2D eigenvalue weighted by Gasteiger charge is -2.25. The molecule has 0 spiro atoms. The zero-order valence-corrected chi connectivity index (χ0v) is 21.8. The minimum absolute atomic E-state index is 0. The van der Waals surface area contributed by atoms with Crippen molar-refractivity contribution in [2.45, 2.75) is 26.4 Å². The Balaban J connectivity index is 0.00000450. The van der Waals surface area contributed by atoms with E-state index in [1.807, 2.05) is 32.0 Å². The second-order valence-corrected chi connectivity index (χ2v) is 10.1. The molecule has 1 aromatic carbocycles. The first-order chi connectivity index (χ1) is 14.0. The number of sulfonamides is 1. The van der Waals surface area contributed by atoms with Crippen LogP contribution in [0.3, 0.4) is 0 Å². The Morgan fingerprint density at radius 3 is 2.60 bits per heavy atom. The molecular weight excluding hydrogens is 535 g/mol. The van der Waals surface area contributed by atoms with Gasteiger partial charge in [-0.1, -0.05) is 30.3 Å². The molecule has 1 fully saturated rings. The van der Waals surface area contributed by atoms with Crippen LogP contribution in [-0.4, -0.2) is 75.3 Å². The molecular formula is C20H35IN4O3S2. The molecule has 1 atom stereocenters. The van der Waals surface area contributed by atoms with E-state index in [0.717, 1.165) is 24.5 Å². The SMILES string of the molecule is CCNC(=NCCCOC(C)c1ccccc1)NCCS(=O)(=O)N1CCSCC1.I. The fourth-order valence-corrected chi connectivity index (χ4v) is 5.42. The second kappa shape index (κ2) is 15.3. The molecule has 1 aliphatic rings. The smallest absolute Gasteiger partial charge is 0.215 e. The van der Waals surface area contributed by atoms with Gasteiger partial charge in [0, 0.05) is 50.8 Å². The van der Waals surface area contributed by atoms with Crippen LogP contribution < -0.4 is 10.6 Å². The Bertz CT molecular complexity index is 714. The largest absolute Gasteiger partial charge is 0.374 e. The molecule has 0 radical (unpaired) electrons. The number of hydrogen-bond acceptors (Lipinski definition) is 5. The van der Waals surface area contributed by atoms with Crippen molar-refractivity contribution >= 4 is 51.7 Å². The van der Waals surface area contributed by atoms with Gasteiger partial charge in [-0.15, -0.1) is 24.0 Å². The maximum atomic E-state index is 12.4. The molecule has 2 N–H and O–H groups in total. The molecule has 1 aliphatic heterocycles. The summed E-state index contributed by atoms with van der Waals surface area (Å²) in [5.74, 6) is 2.48. The van der Waals surface area contributed by atoms with Crippen LogP contribution in [0, 0.1) is 0 Å². The van der Waals surface area contributed by atoms with Crippen molar-refractivity contribution in [2.75, 3.05) is 56.6 Å². The van der Waals surface area contributed by atoms with Crippen LogP contribution >= 0.6 is 35.7 Å². The van der Waals surface area contributed by atoms with E-state index < -0.39 is 10.0 Å². The van der Waals surface area contributed by atoms with E-state index >= 15 is 0 Å². The number of nitrogens with one attached hydrogen (secondary N) is 2. The zero-order valence-electron chi connectivity index (χ0n) is 17.9. The van der Waals surface area contributed by atoms with Crippen LogP contribution in [-0.2, 0) is 14.8 Å². The molecule has 0 amide bonds. The summed E-state index contributed by atoms with van der Waals surface area (Å²) in [7, 11) is -3.20. The molecule has 1 heterocycles. The number of rotatable bonds is 11. The summed E-state index contributed by atoms with van der Waals surface area (Å²) in [6.45, 7) is 7.58. The summed E-state index contributed by atoms with van der Waals surface area (Å²) >= 11 is 1.80. The molecule has 7 nitrogen and oxygen atoms in total. The van der Waals surface area contributed by atoms with Gasteiger partial charge < -0.3 is 15.4 Å². The average molecular weight is 571 g/mol. The summed E-state index contributed by atoms with van der Waals surface area (Å²) < 4.78 is 32.3. The van der Waals surface area contributed by atoms with E-state index in [1.54, 1.807) is 16.1 Å². The minimum atomic E-state index is -3.20. The number of thioether (sulfide) groups is 1. The molecule has 10 heteroatoms. The number of nitrogens with zero attached hydrogens (tertiary/aromatic N) is 2. The van der Waals surface area contributed by atoms with Gasteiger partial charge in [-0.25, -0.2) is 12.7 Å². The third kappa shape index (κ3) is 10.2. The van der Waals surface area contributed by atoms with E-state index in [4.69, 9.17) is 4.74 Å². The molecule has 1 saturated heterocycles. The van der Waals surface area contributed by atoms with Crippen molar-refractivity contribution in [1.29, 1.82) is 0 Å². The Hall–Kier alpha value is -0.560. The van der Waals surface area contributed by atoms with Crippen molar-refractivity contribution in [3.8, 4) is 0 Å². The van der Waals surface area contributed by atoms with Crippen LogP contribution in [0.4, 0.5) is 0 Å². The highest BCUT2D eigenvalue weighted by atomic mass is 127. The van der Waals surface area contributed by atoms with E-state index in [-0.39, 0.29) is 35.8 Å². The van der Waals surface area contributed by atoms with Gasteiger partial charge in [0.2, 0.25) is 10.0 Å². The number of guanidine groups is 1. The van der Waals surface area contributed by atoms with E-state index in [1.165, 1.54) is 5.56 Å². The Morgan fingerprint density at radius 1 is 1.23 bits per heavy atom. The summed E-state index contributed by atoms with van der Waals surface area (Å²) in [4.78, 5) is 4.52. The first-order valence-corrected chi connectivity index (χ1v) is 13.0. The molecule has 172 valence electrons. The summed E-state index contributed by atoms with van der Waals surface area (Å²) in [5, 5.41) is 6.29. The highest BCUT2D eigenvalue weighted by Crippen LogP contribution is 2.16. The van der Waals surface area contributed by atoms with Crippen LogP contribution in [0.2, 0.25) is 0 Å². The highest BCUT2D eigenvalue weighted by Gasteiger charge is 2.23. The fraction of sp³-hybridized carbons (Fsp3) is 0.650. The van der Waals surface area contributed by atoms with E-state index in [2.05, 4.69) is 27.8 Å². The second-order valence-electron chi connectivity index (χ2n) is 6.79. The van der Waals surface area contributed by atoms with Gasteiger partial charge in [-0.3, -0.25) is 4.99 Å². The van der Waals surface area contributed by atoms with Gasteiger partial charge in [0.05, 0.1) is 11.9 Å².